The Kier molecular flexibility index (Phi) is 4.91. The highest BCUT2D eigenvalue weighted by atomic mass is 19.2. The van der Waals surface area contributed by atoms with Crippen molar-refractivity contribution in [2.75, 3.05) is 13.1 Å². The van der Waals surface area contributed by atoms with Crippen LogP contribution in [0.4, 0.5) is 8.78 Å². The number of benzene rings is 1. The SMILES string of the molecule is O=C1CCC2(CCN(Cc3ccc(F)c(F)c3)CC2)N1Cc1ccncc1. The van der Waals surface area contributed by atoms with E-state index in [2.05, 4.69) is 14.8 Å². The summed E-state index contributed by atoms with van der Waals surface area (Å²) < 4.78 is 26.5. The van der Waals surface area contributed by atoms with Crippen molar-refractivity contribution in [3.63, 3.8) is 0 Å². The number of pyridine rings is 1. The topological polar surface area (TPSA) is 36.4 Å². The van der Waals surface area contributed by atoms with Crippen molar-refractivity contribution >= 4 is 5.91 Å². The van der Waals surface area contributed by atoms with E-state index in [0.717, 1.165) is 43.5 Å². The Balaban J connectivity index is 1.42. The summed E-state index contributed by atoms with van der Waals surface area (Å²) in [6.45, 7) is 2.92. The molecule has 2 aliphatic rings. The molecule has 0 aliphatic carbocycles. The summed E-state index contributed by atoms with van der Waals surface area (Å²) in [4.78, 5) is 20.9. The van der Waals surface area contributed by atoms with Gasteiger partial charge in [-0.25, -0.2) is 8.78 Å². The number of aromatic nitrogens is 1. The predicted molar refractivity (Wildman–Crippen MR) is 97.6 cm³/mol. The first-order valence-corrected chi connectivity index (χ1v) is 9.41. The second kappa shape index (κ2) is 7.35. The minimum atomic E-state index is -0.812. The van der Waals surface area contributed by atoms with Gasteiger partial charge in [0.05, 0.1) is 0 Å². The van der Waals surface area contributed by atoms with Crippen LogP contribution in [0.1, 0.15) is 36.8 Å². The molecule has 4 rings (SSSR count). The number of piperidine rings is 1. The molecule has 2 fully saturated rings. The van der Waals surface area contributed by atoms with Crippen molar-refractivity contribution in [2.24, 2.45) is 0 Å². The van der Waals surface area contributed by atoms with E-state index in [1.165, 1.54) is 12.1 Å². The average molecular weight is 371 g/mol. The smallest absolute Gasteiger partial charge is 0.223 e. The molecule has 0 radical (unpaired) electrons. The lowest BCUT2D eigenvalue weighted by atomic mass is 9.84. The number of carbonyl (C=O) groups excluding carboxylic acids is 1. The lowest BCUT2D eigenvalue weighted by molar-refractivity contribution is -0.133. The van der Waals surface area contributed by atoms with Crippen molar-refractivity contribution in [1.82, 2.24) is 14.8 Å². The number of carbonyl (C=O) groups is 1. The third-order valence-electron chi connectivity index (χ3n) is 5.94. The van der Waals surface area contributed by atoms with Crippen LogP contribution in [0.2, 0.25) is 0 Å². The van der Waals surface area contributed by atoms with E-state index in [4.69, 9.17) is 0 Å². The molecular weight excluding hydrogens is 348 g/mol. The van der Waals surface area contributed by atoms with Gasteiger partial charge < -0.3 is 4.90 Å². The van der Waals surface area contributed by atoms with Crippen LogP contribution in [0.25, 0.3) is 0 Å². The molecule has 0 bridgehead atoms. The van der Waals surface area contributed by atoms with Crippen molar-refractivity contribution in [2.45, 2.75) is 44.3 Å². The largest absolute Gasteiger partial charge is 0.333 e. The highest BCUT2D eigenvalue weighted by molar-refractivity contribution is 5.79. The average Bonchev–Trinajstić information content (AvgIpc) is 2.97. The molecule has 1 amide bonds. The maximum absolute atomic E-state index is 13.4. The molecule has 1 aromatic carbocycles. The number of amides is 1. The van der Waals surface area contributed by atoms with E-state index in [1.54, 1.807) is 18.5 Å². The molecule has 4 nitrogen and oxygen atoms in total. The van der Waals surface area contributed by atoms with Crippen LogP contribution in [-0.4, -0.2) is 39.3 Å². The van der Waals surface area contributed by atoms with E-state index in [-0.39, 0.29) is 11.4 Å². The molecule has 0 atom stereocenters. The van der Waals surface area contributed by atoms with Crippen LogP contribution in [0, 0.1) is 11.6 Å². The minimum absolute atomic E-state index is 0.0785. The summed E-state index contributed by atoms with van der Waals surface area (Å²) in [6.07, 6.45) is 6.84. The quantitative estimate of drug-likeness (QED) is 0.825. The molecular formula is C21H23F2N3O. The molecule has 142 valence electrons. The van der Waals surface area contributed by atoms with E-state index in [1.807, 2.05) is 12.1 Å². The molecule has 0 N–H and O–H groups in total. The summed E-state index contributed by atoms with van der Waals surface area (Å²) in [7, 11) is 0. The van der Waals surface area contributed by atoms with Crippen molar-refractivity contribution in [3.8, 4) is 0 Å². The number of halogens is 2. The fourth-order valence-electron chi connectivity index (χ4n) is 4.34. The number of rotatable bonds is 4. The van der Waals surface area contributed by atoms with Gasteiger partial charge in [-0.05, 0) is 54.7 Å². The van der Waals surface area contributed by atoms with Crippen LogP contribution >= 0.6 is 0 Å². The van der Waals surface area contributed by atoms with Crippen LogP contribution < -0.4 is 0 Å². The van der Waals surface area contributed by atoms with Gasteiger partial charge in [-0.15, -0.1) is 0 Å². The van der Waals surface area contributed by atoms with Crippen LogP contribution in [0.15, 0.2) is 42.7 Å². The Morgan fingerprint density at radius 3 is 2.37 bits per heavy atom. The standard InChI is InChI=1S/C21H23F2N3O/c22-18-2-1-17(13-19(18)23)14-25-11-7-21(8-12-25)6-3-20(27)26(21)15-16-4-9-24-10-5-16/h1-2,4-5,9-10,13H,3,6-8,11-12,14-15H2. The summed E-state index contributed by atoms with van der Waals surface area (Å²) in [6, 6.07) is 8.00. The van der Waals surface area contributed by atoms with Gasteiger partial charge in [-0.1, -0.05) is 6.07 Å². The van der Waals surface area contributed by atoms with Gasteiger partial charge in [-0.2, -0.15) is 0 Å². The fraction of sp³-hybridized carbons (Fsp3) is 0.429. The molecule has 6 heteroatoms. The Hall–Kier alpha value is -2.34. The molecule has 2 aromatic rings. The molecule has 1 aromatic heterocycles. The van der Waals surface area contributed by atoms with Gasteiger partial charge in [-0.3, -0.25) is 14.7 Å². The monoisotopic (exact) mass is 371 g/mol. The lowest BCUT2D eigenvalue weighted by Gasteiger charge is -2.45. The van der Waals surface area contributed by atoms with Gasteiger partial charge in [0.2, 0.25) is 5.91 Å². The Morgan fingerprint density at radius 1 is 0.926 bits per heavy atom. The Bertz CT molecular complexity index is 819. The third-order valence-corrected chi connectivity index (χ3v) is 5.94. The van der Waals surface area contributed by atoms with Gasteiger partial charge in [0, 0.05) is 50.5 Å². The van der Waals surface area contributed by atoms with E-state index >= 15 is 0 Å². The van der Waals surface area contributed by atoms with Gasteiger partial charge in [0.25, 0.3) is 0 Å². The number of hydrogen-bond donors (Lipinski definition) is 0. The van der Waals surface area contributed by atoms with Gasteiger partial charge >= 0.3 is 0 Å². The maximum atomic E-state index is 13.4. The first-order chi connectivity index (χ1) is 13.1. The van der Waals surface area contributed by atoms with Crippen LogP contribution in [-0.2, 0) is 17.9 Å². The summed E-state index contributed by atoms with van der Waals surface area (Å²) in [5.74, 6) is -1.39. The fourth-order valence-corrected chi connectivity index (χ4v) is 4.34. The highest BCUT2D eigenvalue weighted by Gasteiger charge is 2.46. The number of hydrogen-bond acceptors (Lipinski definition) is 3. The molecule has 2 aliphatic heterocycles. The van der Waals surface area contributed by atoms with Crippen molar-refractivity contribution in [3.05, 3.63) is 65.5 Å². The normalized spacial score (nSPS) is 19.8. The second-order valence-electron chi connectivity index (χ2n) is 7.58. The summed E-state index contributed by atoms with van der Waals surface area (Å²) in [5, 5.41) is 0. The molecule has 1 spiro atoms. The first kappa shape index (κ1) is 18.0. The zero-order chi connectivity index (χ0) is 18.9. The molecule has 3 heterocycles. The zero-order valence-electron chi connectivity index (χ0n) is 15.2. The highest BCUT2D eigenvalue weighted by Crippen LogP contribution is 2.40. The maximum Gasteiger partial charge on any atom is 0.223 e. The van der Waals surface area contributed by atoms with Crippen LogP contribution in [0.3, 0.4) is 0 Å². The zero-order valence-corrected chi connectivity index (χ0v) is 15.2. The van der Waals surface area contributed by atoms with Gasteiger partial charge in [0.1, 0.15) is 0 Å². The van der Waals surface area contributed by atoms with Crippen LogP contribution in [0.5, 0.6) is 0 Å². The molecule has 0 saturated carbocycles. The Labute approximate surface area is 157 Å². The number of nitrogens with zero attached hydrogens (tertiary/aromatic N) is 3. The molecule has 0 unspecified atom stereocenters. The molecule has 2 saturated heterocycles. The predicted octanol–water partition coefficient (Wildman–Crippen LogP) is 3.52. The first-order valence-electron chi connectivity index (χ1n) is 9.41. The minimum Gasteiger partial charge on any atom is -0.333 e. The second-order valence-corrected chi connectivity index (χ2v) is 7.58. The van der Waals surface area contributed by atoms with E-state index in [9.17, 15) is 13.6 Å². The summed E-state index contributed by atoms with van der Waals surface area (Å²) in [5.41, 5.74) is 1.80. The Morgan fingerprint density at radius 2 is 1.67 bits per heavy atom. The van der Waals surface area contributed by atoms with Crippen molar-refractivity contribution < 1.29 is 13.6 Å². The number of likely N-dealkylation sites (tertiary alicyclic amines) is 2. The van der Waals surface area contributed by atoms with Gasteiger partial charge in [0.15, 0.2) is 11.6 Å². The summed E-state index contributed by atoms with van der Waals surface area (Å²) >= 11 is 0. The molecule has 27 heavy (non-hydrogen) atoms. The lowest BCUT2D eigenvalue weighted by Crippen LogP contribution is -2.52. The van der Waals surface area contributed by atoms with Crippen molar-refractivity contribution in [1.29, 1.82) is 0 Å². The third kappa shape index (κ3) is 3.72. The van der Waals surface area contributed by atoms with E-state index < -0.39 is 11.6 Å². The van der Waals surface area contributed by atoms with E-state index in [0.29, 0.717) is 19.5 Å².